The van der Waals surface area contributed by atoms with E-state index < -0.39 is 38.6 Å². The van der Waals surface area contributed by atoms with E-state index in [0.717, 1.165) is 38.5 Å². The van der Waals surface area contributed by atoms with Crippen LogP contribution in [0.5, 0.6) is 0 Å². The van der Waals surface area contributed by atoms with E-state index in [0.29, 0.717) is 25.7 Å². The SMILES string of the molecule is CCC=CCC=CCC=CC=CC(O)CC=CCCCC(=O)OC(COC(=O)CCCCCCCCCCCCCCCCC)COP(=O)(O)OCCN. The molecule has 0 bridgehead atoms. The number of rotatable bonds is 38. The Labute approximate surface area is 328 Å². The van der Waals surface area contributed by atoms with Gasteiger partial charge in [-0.25, -0.2) is 4.57 Å². The summed E-state index contributed by atoms with van der Waals surface area (Å²) in [6.07, 6.45) is 41.4. The van der Waals surface area contributed by atoms with Gasteiger partial charge in [-0.15, -0.1) is 0 Å². The Kier molecular flexibility index (Phi) is 37.2. The first-order valence-electron chi connectivity index (χ1n) is 20.9. The number of aliphatic hydroxyl groups is 1. The second kappa shape index (κ2) is 38.9. The minimum absolute atomic E-state index is 0.0283. The van der Waals surface area contributed by atoms with Crippen LogP contribution in [-0.4, -0.2) is 60.5 Å². The summed E-state index contributed by atoms with van der Waals surface area (Å²) >= 11 is 0. The molecule has 10 nitrogen and oxygen atoms in total. The van der Waals surface area contributed by atoms with E-state index >= 15 is 0 Å². The maximum absolute atomic E-state index is 12.6. The molecule has 0 rings (SSSR count). The maximum Gasteiger partial charge on any atom is 0.472 e. The summed E-state index contributed by atoms with van der Waals surface area (Å²) in [5, 5.41) is 10.1. The molecular formula is C43H76NO9P. The lowest BCUT2D eigenvalue weighted by Gasteiger charge is -2.19. The number of phosphoric acid groups is 1. The quantitative estimate of drug-likeness (QED) is 0.0181. The van der Waals surface area contributed by atoms with Crippen LogP contribution in [0.2, 0.25) is 0 Å². The zero-order chi connectivity index (χ0) is 39.8. The first kappa shape index (κ1) is 51.7. The van der Waals surface area contributed by atoms with Crippen molar-refractivity contribution in [3.8, 4) is 0 Å². The van der Waals surface area contributed by atoms with Gasteiger partial charge in [-0.1, -0.05) is 164 Å². The number of esters is 2. The summed E-state index contributed by atoms with van der Waals surface area (Å²) < 4.78 is 32.6. The second-order valence-corrected chi connectivity index (χ2v) is 15.1. The number of ether oxygens (including phenoxy) is 2. The summed E-state index contributed by atoms with van der Waals surface area (Å²) in [6.45, 7) is 3.43. The molecule has 0 radical (unpaired) electrons. The fourth-order valence-electron chi connectivity index (χ4n) is 5.40. The van der Waals surface area contributed by atoms with Crippen LogP contribution in [-0.2, 0) is 32.7 Å². The molecule has 0 aromatic rings. The summed E-state index contributed by atoms with van der Waals surface area (Å²) in [5.74, 6) is -0.966. The molecule has 0 amide bonds. The molecule has 0 aliphatic heterocycles. The first-order chi connectivity index (χ1) is 26.2. The van der Waals surface area contributed by atoms with Gasteiger partial charge in [0.05, 0.1) is 19.3 Å². The number of hydrogen-bond donors (Lipinski definition) is 3. The van der Waals surface area contributed by atoms with E-state index in [1.807, 2.05) is 30.4 Å². The largest absolute Gasteiger partial charge is 0.472 e. The Morgan fingerprint density at radius 2 is 1.24 bits per heavy atom. The van der Waals surface area contributed by atoms with Crippen molar-refractivity contribution in [2.24, 2.45) is 5.73 Å². The van der Waals surface area contributed by atoms with Gasteiger partial charge in [0.2, 0.25) is 0 Å². The molecule has 0 saturated heterocycles. The van der Waals surface area contributed by atoms with Crippen molar-refractivity contribution in [2.75, 3.05) is 26.4 Å². The number of unbranched alkanes of at least 4 members (excludes halogenated alkanes) is 15. The van der Waals surface area contributed by atoms with Crippen molar-refractivity contribution in [1.29, 1.82) is 0 Å². The second-order valence-electron chi connectivity index (χ2n) is 13.7. The molecule has 0 aromatic carbocycles. The molecule has 3 unspecified atom stereocenters. The van der Waals surface area contributed by atoms with Crippen LogP contribution in [0.15, 0.2) is 60.8 Å². The zero-order valence-electron chi connectivity index (χ0n) is 33.8. The standard InChI is InChI=1S/C43H76NO9P/c1-3-5-7-9-11-13-15-16-17-18-19-21-23-25-30-34-42(46)50-38-41(39-52-54(48,49)51-37-36-44)53-43(47)35-31-27-26-29-33-40(45)32-28-24-22-20-14-12-10-8-6-4-2/h6,8,12,14,22,24,26,28-29,32,40-41,45H,3-5,7,9-11,13,15-21,23,25,27,30-31,33-39,44H2,1-2H3,(H,48,49). The van der Waals surface area contributed by atoms with Gasteiger partial charge >= 0.3 is 19.8 Å². The third-order valence-electron chi connectivity index (χ3n) is 8.50. The van der Waals surface area contributed by atoms with Crippen LogP contribution in [0.4, 0.5) is 0 Å². The molecule has 0 heterocycles. The lowest BCUT2D eigenvalue weighted by Crippen LogP contribution is -2.29. The highest BCUT2D eigenvalue weighted by Crippen LogP contribution is 2.43. The molecule has 0 fully saturated rings. The smallest absolute Gasteiger partial charge is 0.462 e. The van der Waals surface area contributed by atoms with Crippen molar-refractivity contribution >= 4 is 19.8 Å². The molecular weight excluding hydrogens is 705 g/mol. The maximum atomic E-state index is 12.6. The molecule has 4 N–H and O–H groups in total. The van der Waals surface area contributed by atoms with Crippen molar-refractivity contribution in [1.82, 2.24) is 0 Å². The summed E-state index contributed by atoms with van der Waals surface area (Å²) in [6, 6.07) is 0. The van der Waals surface area contributed by atoms with Gasteiger partial charge in [-0.2, -0.15) is 0 Å². The van der Waals surface area contributed by atoms with Crippen LogP contribution in [0.3, 0.4) is 0 Å². The molecule has 3 atom stereocenters. The van der Waals surface area contributed by atoms with Crippen LogP contribution in [0.25, 0.3) is 0 Å². The molecule has 0 saturated carbocycles. The van der Waals surface area contributed by atoms with Gasteiger partial charge < -0.3 is 25.2 Å². The summed E-state index contributed by atoms with van der Waals surface area (Å²) in [7, 11) is -4.42. The van der Waals surface area contributed by atoms with Crippen LogP contribution in [0.1, 0.15) is 162 Å². The summed E-state index contributed by atoms with van der Waals surface area (Å²) in [5.41, 5.74) is 5.33. The zero-order valence-corrected chi connectivity index (χ0v) is 34.7. The molecule has 11 heteroatoms. The number of carbonyl (C=O) groups excluding carboxylic acids is 2. The fourth-order valence-corrected chi connectivity index (χ4v) is 6.17. The van der Waals surface area contributed by atoms with Crippen molar-refractivity contribution < 1.29 is 42.7 Å². The van der Waals surface area contributed by atoms with Crippen LogP contribution >= 0.6 is 7.82 Å². The van der Waals surface area contributed by atoms with E-state index in [4.69, 9.17) is 24.3 Å². The number of allylic oxidation sites excluding steroid dienone is 8. The summed E-state index contributed by atoms with van der Waals surface area (Å²) in [4.78, 5) is 34.8. The molecule has 54 heavy (non-hydrogen) atoms. The van der Waals surface area contributed by atoms with E-state index in [9.17, 15) is 24.2 Å². The van der Waals surface area contributed by atoms with Crippen LogP contribution < -0.4 is 5.73 Å². The average molecular weight is 782 g/mol. The van der Waals surface area contributed by atoms with Gasteiger partial charge in [0.15, 0.2) is 6.10 Å². The van der Waals surface area contributed by atoms with Crippen molar-refractivity contribution in [2.45, 2.75) is 174 Å². The van der Waals surface area contributed by atoms with E-state index in [1.54, 1.807) is 6.08 Å². The number of nitrogens with two attached hydrogens (primary N) is 1. The first-order valence-corrected chi connectivity index (χ1v) is 22.4. The predicted molar refractivity (Wildman–Crippen MR) is 221 cm³/mol. The van der Waals surface area contributed by atoms with Crippen molar-refractivity contribution in [3.63, 3.8) is 0 Å². The van der Waals surface area contributed by atoms with Crippen molar-refractivity contribution in [3.05, 3.63) is 60.8 Å². The predicted octanol–water partition coefficient (Wildman–Crippen LogP) is 10.7. The average Bonchev–Trinajstić information content (AvgIpc) is 3.15. The minimum atomic E-state index is -4.42. The fraction of sp³-hybridized carbons (Fsp3) is 0.721. The number of hydrogen-bond acceptors (Lipinski definition) is 9. The van der Waals surface area contributed by atoms with E-state index in [1.165, 1.54) is 70.6 Å². The Morgan fingerprint density at radius 3 is 1.85 bits per heavy atom. The number of aliphatic hydroxyl groups excluding tert-OH is 1. The highest BCUT2D eigenvalue weighted by atomic mass is 31.2. The highest BCUT2D eigenvalue weighted by molar-refractivity contribution is 7.47. The number of carbonyl (C=O) groups is 2. The Morgan fingerprint density at radius 1 is 0.667 bits per heavy atom. The van der Waals surface area contributed by atoms with Crippen LogP contribution in [0, 0.1) is 0 Å². The van der Waals surface area contributed by atoms with Gasteiger partial charge in [0.25, 0.3) is 0 Å². The Hall–Kier alpha value is -2.33. The molecule has 0 aromatic heterocycles. The topological polar surface area (TPSA) is 155 Å². The van der Waals surface area contributed by atoms with E-state index in [2.05, 4.69) is 38.2 Å². The van der Waals surface area contributed by atoms with Gasteiger partial charge in [-0.3, -0.25) is 18.6 Å². The Bertz CT molecular complexity index is 1090. The van der Waals surface area contributed by atoms with E-state index in [-0.39, 0.29) is 32.6 Å². The van der Waals surface area contributed by atoms with Gasteiger partial charge in [0.1, 0.15) is 6.61 Å². The molecule has 0 aliphatic carbocycles. The monoisotopic (exact) mass is 782 g/mol. The lowest BCUT2D eigenvalue weighted by molar-refractivity contribution is -0.161. The molecule has 312 valence electrons. The molecule has 0 spiro atoms. The van der Waals surface area contributed by atoms with Gasteiger partial charge in [0, 0.05) is 19.4 Å². The highest BCUT2D eigenvalue weighted by Gasteiger charge is 2.25. The normalized spacial score (nSPS) is 14.5. The Balaban J connectivity index is 4.36. The third-order valence-corrected chi connectivity index (χ3v) is 9.48. The minimum Gasteiger partial charge on any atom is -0.462 e. The molecule has 0 aliphatic rings. The van der Waals surface area contributed by atoms with Gasteiger partial charge in [-0.05, 0) is 44.9 Å². The third kappa shape index (κ3) is 38.0. The lowest BCUT2D eigenvalue weighted by atomic mass is 10.0. The number of phosphoric ester groups is 1.